The highest BCUT2D eigenvalue weighted by Gasteiger charge is 2.28. The van der Waals surface area contributed by atoms with Crippen LogP contribution < -0.4 is 10.2 Å². The normalized spacial score (nSPS) is 23.0. The van der Waals surface area contributed by atoms with E-state index in [1.807, 2.05) is 6.07 Å². The van der Waals surface area contributed by atoms with Crippen molar-refractivity contribution < 1.29 is 13.2 Å². The zero-order valence-electron chi connectivity index (χ0n) is 13.3. The van der Waals surface area contributed by atoms with Crippen LogP contribution in [0.5, 0.6) is 0 Å². The highest BCUT2D eigenvalue weighted by Crippen LogP contribution is 2.27. The van der Waals surface area contributed by atoms with Crippen LogP contribution in [0.1, 0.15) is 24.0 Å². The van der Waals surface area contributed by atoms with Crippen LogP contribution in [0.15, 0.2) is 24.3 Å². The Morgan fingerprint density at radius 3 is 2.96 bits per heavy atom. The quantitative estimate of drug-likeness (QED) is 0.848. The summed E-state index contributed by atoms with van der Waals surface area (Å²) < 4.78 is 22.8. The van der Waals surface area contributed by atoms with Gasteiger partial charge in [0.1, 0.15) is 0 Å². The number of carbonyl (C=O) groups is 1. The molecule has 5 nitrogen and oxygen atoms in total. The summed E-state index contributed by atoms with van der Waals surface area (Å²) in [6.07, 6.45) is 5.99. The van der Waals surface area contributed by atoms with Gasteiger partial charge in [0.05, 0.1) is 11.5 Å². The molecule has 0 unspecified atom stereocenters. The first-order valence-corrected chi connectivity index (χ1v) is 9.78. The van der Waals surface area contributed by atoms with Crippen LogP contribution >= 0.6 is 0 Å². The summed E-state index contributed by atoms with van der Waals surface area (Å²) in [4.78, 5) is 14.2. The second kappa shape index (κ2) is 6.35. The van der Waals surface area contributed by atoms with Crippen molar-refractivity contribution in [3.8, 4) is 0 Å². The zero-order valence-corrected chi connectivity index (χ0v) is 14.1. The van der Waals surface area contributed by atoms with Gasteiger partial charge in [-0.3, -0.25) is 4.79 Å². The van der Waals surface area contributed by atoms with Crippen LogP contribution in [-0.2, 0) is 21.1 Å². The van der Waals surface area contributed by atoms with Crippen LogP contribution in [-0.4, -0.2) is 45.5 Å². The monoisotopic (exact) mass is 334 g/mol. The number of fused-ring (bicyclic) bond motifs is 1. The molecule has 2 aliphatic rings. The number of nitrogens with one attached hydrogen (secondary N) is 1. The molecule has 0 saturated carbocycles. The van der Waals surface area contributed by atoms with Gasteiger partial charge in [-0.05, 0) is 48.6 Å². The van der Waals surface area contributed by atoms with E-state index in [1.165, 1.54) is 17.3 Å². The Bertz CT molecular complexity index is 740. The zero-order chi connectivity index (χ0) is 16.4. The van der Waals surface area contributed by atoms with Gasteiger partial charge < -0.3 is 10.2 Å². The number of hydrogen-bond donors (Lipinski definition) is 1. The van der Waals surface area contributed by atoms with Gasteiger partial charge in [0, 0.05) is 31.4 Å². The minimum atomic E-state index is -2.97. The Balaban J connectivity index is 1.62. The largest absolute Gasteiger partial charge is 0.374 e. The van der Waals surface area contributed by atoms with E-state index in [1.54, 1.807) is 6.08 Å². The Morgan fingerprint density at radius 2 is 2.22 bits per heavy atom. The summed E-state index contributed by atoms with van der Waals surface area (Å²) in [6, 6.07) is 5.96. The van der Waals surface area contributed by atoms with Crippen molar-refractivity contribution in [3.63, 3.8) is 0 Å². The lowest BCUT2D eigenvalue weighted by atomic mass is 9.99. The molecular formula is C17H22N2O3S. The summed E-state index contributed by atoms with van der Waals surface area (Å²) >= 11 is 0. The van der Waals surface area contributed by atoms with E-state index in [0.717, 1.165) is 24.9 Å². The van der Waals surface area contributed by atoms with Crippen molar-refractivity contribution >= 4 is 27.5 Å². The van der Waals surface area contributed by atoms with E-state index in [0.29, 0.717) is 6.42 Å². The van der Waals surface area contributed by atoms with Crippen molar-refractivity contribution in [2.24, 2.45) is 0 Å². The molecule has 1 fully saturated rings. The molecule has 6 heteroatoms. The topological polar surface area (TPSA) is 66.5 Å². The standard InChI is InChI=1S/C17H22N2O3S/c1-19-9-2-3-14-11-13(4-6-16(14)19)5-7-17(20)18-15-8-10-23(21,22)12-15/h4-7,11,15H,2-3,8-10,12H2,1H3,(H,18,20)/b7-5+/t15-/m1/s1. The van der Waals surface area contributed by atoms with E-state index in [9.17, 15) is 13.2 Å². The fraction of sp³-hybridized carbons (Fsp3) is 0.471. The maximum Gasteiger partial charge on any atom is 0.244 e. The predicted octanol–water partition coefficient (Wildman–Crippen LogP) is 1.39. The number of carbonyl (C=O) groups excluding carboxylic acids is 1. The summed E-state index contributed by atoms with van der Waals surface area (Å²) in [6.45, 7) is 1.08. The third-order valence-electron chi connectivity index (χ3n) is 4.46. The molecule has 1 N–H and O–H groups in total. The second-order valence-corrected chi connectivity index (χ2v) is 8.58. The fourth-order valence-corrected chi connectivity index (χ4v) is 4.91. The number of rotatable bonds is 3. The lowest BCUT2D eigenvalue weighted by Crippen LogP contribution is -2.34. The number of hydrogen-bond acceptors (Lipinski definition) is 4. The SMILES string of the molecule is CN1CCCc2cc(/C=C/C(=O)N[C@@H]3CCS(=O)(=O)C3)ccc21. The number of amides is 1. The lowest BCUT2D eigenvalue weighted by Gasteiger charge is -2.27. The van der Waals surface area contributed by atoms with Crippen LogP contribution in [0, 0.1) is 0 Å². The van der Waals surface area contributed by atoms with E-state index >= 15 is 0 Å². The third-order valence-corrected chi connectivity index (χ3v) is 6.23. The average molecular weight is 334 g/mol. The molecule has 0 aliphatic carbocycles. The Morgan fingerprint density at radius 1 is 1.39 bits per heavy atom. The molecule has 0 bridgehead atoms. The minimum Gasteiger partial charge on any atom is -0.374 e. The molecule has 0 radical (unpaired) electrons. The van der Waals surface area contributed by atoms with Crippen LogP contribution in [0.4, 0.5) is 5.69 Å². The van der Waals surface area contributed by atoms with Gasteiger partial charge in [0.15, 0.2) is 9.84 Å². The van der Waals surface area contributed by atoms with E-state index in [2.05, 4.69) is 29.4 Å². The van der Waals surface area contributed by atoms with Gasteiger partial charge in [-0.15, -0.1) is 0 Å². The van der Waals surface area contributed by atoms with Crippen molar-refractivity contribution in [1.82, 2.24) is 5.32 Å². The molecule has 3 rings (SSSR count). The van der Waals surface area contributed by atoms with Crippen molar-refractivity contribution in [1.29, 1.82) is 0 Å². The Labute approximate surface area is 137 Å². The van der Waals surface area contributed by atoms with Crippen molar-refractivity contribution in [3.05, 3.63) is 35.4 Å². The number of aryl methyl sites for hydroxylation is 1. The van der Waals surface area contributed by atoms with Crippen molar-refractivity contribution in [2.75, 3.05) is 30.0 Å². The first kappa shape index (κ1) is 16.1. The molecule has 1 aromatic carbocycles. The third kappa shape index (κ3) is 3.93. The Kier molecular flexibility index (Phi) is 4.43. The van der Waals surface area contributed by atoms with Crippen LogP contribution in [0.2, 0.25) is 0 Å². The molecule has 23 heavy (non-hydrogen) atoms. The minimum absolute atomic E-state index is 0.0533. The maximum atomic E-state index is 11.9. The molecule has 1 saturated heterocycles. The van der Waals surface area contributed by atoms with E-state index in [-0.39, 0.29) is 23.5 Å². The molecular weight excluding hydrogens is 312 g/mol. The maximum absolute atomic E-state index is 11.9. The molecule has 1 atom stereocenters. The van der Waals surface area contributed by atoms with Gasteiger partial charge >= 0.3 is 0 Å². The van der Waals surface area contributed by atoms with Crippen LogP contribution in [0.3, 0.4) is 0 Å². The van der Waals surface area contributed by atoms with Gasteiger partial charge in [-0.2, -0.15) is 0 Å². The highest BCUT2D eigenvalue weighted by atomic mass is 32.2. The number of benzene rings is 1. The van der Waals surface area contributed by atoms with Gasteiger partial charge in [-0.1, -0.05) is 6.07 Å². The molecule has 1 aromatic rings. The molecule has 0 aromatic heterocycles. The second-order valence-electron chi connectivity index (χ2n) is 6.36. The number of sulfone groups is 1. The van der Waals surface area contributed by atoms with Crippen molar-refractivity contribution in [2.45, 2.75) is 25.3 Å². The smallest absolute Gasteiger partial charge is 0.244 e. The highest BCUT2D eigenvalue weighted by molar-refractivity contribution is 7.91. The predicted molar refractivity (Wildman–Crippen MR) is 92.3 cm³/mol. The average Bonchev–Trinajstić information content (AvgIpc) is 2.84. The van der Waals surface area contributed by atoms with Gasteiger partial charge in [0.25, 0.3) is 0 Å². The molecule has 0 spiro atoms. The Hall–Kier alpha value is -1.82. The first-order chi connectivity index (χ1) is 10.9. The summed E-state index contributed by atoms with van der Waals surface area (Å²) in [5.41, 5.74) is 3.56. The van der Waals surface area contributed by atoms with Gasteiger partial charge in [0.2, 0.25) is 5.91 Å². The van der Waals surface area contributed by atoms with Gasteiger partial charge in [-0.25, -0.2) is 8.42 Å². The molecule has 2 heterocycles. The first-order valence-electron chi connectivity index (χ1n) is 7.96. The fourth-order valence-electron chi connectivity index (χ4n) is 3.24. The lowest BCUT2D eigenvalue weighted by molar-refractivity contribution is -0.116. The molecule has 1 amide bonds. The van der Waals surface area contributed by atoms with E-state index in [4.69, 9.17) is 0 Å². The molecule has 2 aliphatic heterocycles. The summed E-state index contributed by atoms with van der Waals surface area (Å²) in [7, 11) is -0.873. The van der Waals surface area contributed by atoms with Crippen LogP contribution in [0.25, 0.3) is 6.08 Å². The number of anilines is 1. The summed E-state index contributed by atoms with van der Waals surface area (Å²) in [5, 5.41) is 2.76. The molecule has 124 valence electrons. The van der Waals surface area contributed by atoms with E-state index < -0.39 is 9.84 Å². The summed E-state index contributed by atoms with van der Waals surface area (Å²) in [5.74, 6) is -0.0143. The number of nitrogens with zero attached hydrogens (tertiary/aromatic N) is 1.